The van der Waals surface area contributed by atoms with E-state index in [-0.39, 0.29) is 16.5 Å². The predicted octanol–water partition coefficient (Wildman–Crippen LogP) is 0.281. The molecule has 0 unspecified atom stereocenters. The Labute approximate surface area is 125 Å². The number of aromatic nitrogens is 1. The molecular formula is C12H21N3O4S2. The number of sulfonamides is 1. The fraction of sp³-hybridized carbons (Fsp3) is 0.583. The molecule has 0 saturated heterocycles. The monoisotopic (exact) mass is 335 g/mol. The maximum atomic E-state index is 12.3. The SMILES string of the molecule is CCC(CC)(CN)NS(=O)(=O)c1ccc(S(C)(=O)=O)nc1. The topological polar surface area (TPSA) is 119 Å². The molecule has 0 aliphatic heterocycles. The van der Waals surface area contributed by atoms with Gasteiger partial charge in [-0.3, -0.25) is 0 Å². The molecule has 0 atom stereocenters. The minimum Gasteiger partial charge on any atom is -0.329 e. The summed E-state index contributed by atoms with van der Waals surface area (Å²) in [4.78, 5) is 3.60. The van der Waals surface area contributed by atoms with Gasteiger partial charge in [0.05, 0.1) is 0 Å². The molecule has 0 spiro atoms. The lowest BCUT2D eigenvalue weighted by Crippen LogP contribution is -2.52. The van der Waals surface area contributed by atoms with Crippen molar-refractivity contribution < 1.29 is 16.8 Å². The van der Waals surface area contributed by atoms with E-state index in [1.54, 1.807) is 0 Å². The quantitative estimate of drug-likeness (QED) is 0.738. The van der Waals surface area contributed by atoms with Crippen LogP contribution < -0.4 is 10.5 Å². The van der Waals surface area contributed by atoms with Gasteiger partial charge in [-0.25, -0.2) is 26.5 Å². The third kappa shape index (κ3) is 4.22. The van der Waals surface area contributed by atoms with Crippen LogP contribution in [-0.2, 0) is 19.9 Å². The first-order chi connectivity index (χ1) is 9.60. The normalized spacial score (nSPS) is 13.3. The van der Waals surface area contributed by atoms with E-state index >= 15 is 0 Å². The van der Waals surface area contributed by atoms with Gasteiger partial charge in [-0.1, -0.05) is 13.8 Å². The number of nitrogens with zero attached hydrogens (tertiary/aromatic N) is 1. The molecule has 1 aromatic heterocycles. The molecule has 21 heavy (non-hydrogen) atoms. The van der Waals surface area contributed by atoms with Crippen molar-refractivity contribution in [3.05, 3.63) is 18.3 Å². The fourth-order valence-electron chi connectivity index (χ4n) is 1.81. The molecule has 9 heteroatoms. The van der Waals surface area contributed by atoms with Crippen molar-refractivity contribution in [1.29, 1.82) is 0 Å². The first-order valence-corrected chi connectivity index (χ1v) is 9.88. The highest BCUT2D eigenvalue weighted by Crippen LogP contribution is 2.19. The average molecular weight is 335 g/mol. The Hall–Kier alpha value is -1.03. The predicted molar refractivity (Wildman–Crippen MR) is 80.0 cm³/mol. The van der Waals surface area contributed by atoms with Gasteiger partial charge in [-0.05, 0) is 25.0 Å². The summed E-state index contributed by atoms with van der Waals surface area (Å²) in [5, 5.41) is -0.169. The lowest BCUT2D eigenvalue weighted by atomic mass is 9.95. The number of sulfone groups is 1. The summed E-state index contributed by atoms with van der Waals surface area (Å²) in [5.41, 5.74) is 4.96. The number of nitrogens with one attached hydrogen (secondary N) is 1. The zero-order valence-electron chi connectivity index (χ0n) is 12.3. The summed E-state index contributed by atoms with van der Waals surface area (Å²) in [6.45, 7) is 3.88. The molecule has 0 aromatic carbocycles. The summed E-state index contributed by atoms with van der Waals surface area (Å²) in [6, 6.07) is 2.39. The molecule has 1 aromatic rings. The van der Waals surface area contributed by atoms with Crippen LogP contribution in [0.4, 0.5) is 0 Å². The molecule has 3 N–H and O–H groups in total. The molecule has 7 nitrogen and oxygen atoms in total. The molecule has 0 aliphatic carbocycles. The molecule has 0 saturated carbocycles. The van der Waals surface area contributed by atoms with Crippen LogP contribution in [0.5, 0.6) is 0 Å². The number of hydrogen-bond acceptors (Lipinski definition) is 6. The van der Waals surface area contributed by atoms with Gasteiger partial charge in [0.25, 0.3) is 0 Å². The van der Waals surface area contributed by atoms with E-state index in [1.165, 1.54) is 12.1 Å². The van der Waals surface area contributed by atoms with Gasteiger partial charge < -0.3 is 5.73 Å². The fourth-order valence-corrected chi connectivity index (χ4v) is 3.87. The summed E-state index contributed by atoms with van der Waals surface area (Å²) in [7, 11) is -7.26. The Kier molecular flexibility index (Phi) is 5.48. The molecule has 120 valence electrons. The first kappa shape index (κ1) is 18.0. The van der Waals surface area contributed by atoms with Crippen LogP contribution in [0.15, 0.2) is 28.3 Å². The van der Waals surface area contributed by atoms with Crippen molar-refractivity contribution in [2.75, 3.05) is 12.8 Å². The van der Waals surface area contributed by atoms with Gasteiger partial charge in [0.1, 0.15) is 4.90 Å². The summed E-state index contributed by atoms with van der Waals surface area (Å²) in [5.74, 6) is 0. The molecule has 0 aliphatic rings. The second kappa shape index (κ2) is 6.39. The van der Waals surface area contributed by atoms with Gasteiger partial charge in [-0.2, -0.15) is 0 Å². The lowest BCUT2D eigenvalue weighted by Gasteiger charge is -2.30. The second-order valence-corrected chi connectivity index (χ2v) is 8.55. The van der Waals surface area contributed by atoms with Gasteiger partial charge in [0.15, 0.2) is 14.9 Å². The van der Waals surface area contributed by atoms with Crippen LogP contribution >= 0.6 is 0 Å². The van der Waals surface area contributed by atoms with E-state index < -0.39 is 25.4 Å². The summed E-state index contributed by atoms with van der Waals surface area (Å²) >= 11 is 0. The van der Waals surface area contributed by atoms with E-state index in [4.69, 9.17) is 5.73 Å². The van der Waals surface area contributed by atoms with Crippen molar-refractivity contribution in [1.82, 2.24) is 9.71 Å². The van der Waals surface area contributed by atoms with Gasteiger partial charge in [0.2, 0.25) is 10.0 Å². The van der Waals surface area contributed by atoms with Crippen LogP contribution in [0.2, 0.25) is 0 Å². The van der Waals surface area contributed by atoms with Crippen molar-refractivity contribution in [2.24, 2.45) is 5.73 Å². The van der Waals surface area contributed by atoms with Crippen molar-refractivity contribution in [3.8, 4) is 0 Å². The minimum absolute atomic E-state index is 0.0883. The molecule has 1 rings (SSSR count). The standard InChI is InChI=1S/C12H21N3O4S2/c1-4-12(5-2,9-13)15-21(18,19)10-6-7-11(14-8-10)20(3,16)17/h6-8,15H,4-5,9,13H2,1-3H3. The molecule has 0 bridgehead atoms. The van der Waals surface area contributed by atoms with E-state index in [2.05, 4.69) is 9.71 Å². The average Bonchev–Trinajstić information content (AvgIpc) is 2.44. The minimum atomic E-state index is -3.80. The zero-order valence-corrected chi connectivity index (χ0v) is 14.0. The van der Waals surface area contributed by atoms with E-state index in [1.807, 2.05) is 13.8 Å². The van der Waals surface area contributed by atoms with E-state index in [0.717, 1.165) is 12.5 Å². The Morgan fingerprint density at radius 1 is 1.19 bits per heavy atom. The first-order valence-electron chi connectivity index (χ1n) is 6.50. The lowest BCUT2D eigenvalue weighted by molar-refractivity contribution is 0.363. The molecule has 0 amide bonds. The maximum Gasteiger partial charge on any atom is 0.242 e. The Morgan fingerprint density at radius 2 is 1.76 bits per heavy atom. The Bertz CT molecular complexity index is 669. The number of hydrogen-bond donors (Lipinski definition) is 2. The van der Waals surface area contributed by atoms with Crippen LogP contribution in [0.3, 0.4) is 0 Å². The van der Waals surface area contributed by atoms with Crippen LogP contribution in [0.1, 0.15) is 26.7 Å². The summed E-state index contributed by atoms with van der Waals surface area (Å²) < 4.78 is 49.9. The zero-order chi connectivity index (χ0) is 16.3. The molecule has 0 radical (unpaired) electrons. The molecular weight excluding hydrogens is 314 g/mol. The van der Waals surface area contributed by atoms with Gasteiger partial charge in [-0.15, -0.1) is 0 Å². The molecule has 1 heterocycles. The third-order valence-corrected chi connectivity index (χ3v) is 6.06. The van der Waals surface area contributed by atoms with Gasteiger partial charge >= 0.3 is 0 Å². The smallest absolute Gasteiger partial charge is 0.242 e. The van der Waals surface area contributed by atoms with Gasteiger partial charge in [0, 0.05) is 24.5 Å². The van der Waals surface area contributed by atoms with E-state index in [9.17, 15) is 16.8 Å². The van der Waals surface area contributed by atoms with Crippen LogP contribution in [-0.4, -0.2) is 40.2 Å². The Balaban J connectivity index is 3.14. The number of pyridine rings is 1. The highest BCUT2D eigenvalue weighted by Gasteiger charge is 2.31. The van der Waals surface area contributed by atoms with Crippen molar-refractivity contribution >= 4 is 19.9 Å². The van der Waals surface area contributed by atoms with E-state index in [0.29, 0.717) is 12.8 Å². The van der Waals surface area contributed by atoms with Crippen LogP contribution in [0, 0.1) is 0 Å². The van der Waals surface area contributed by atoms with Crippen molar-refractivity contribution in [3.63, 3.8) is 0 Å². The largest absolute Gasteiger partial charge is 0.329 e. The van der Waals surface area contributed by atoms with Crippen LogP contribution in [0.25, 0.3) is 0 Å². The number of rotatable bonds is 7. The Morgan fingerprint density at radius 3 is 2.10 bits per heavy atom. The van der Waals surface area contributed by atoms with Crippen molar-refractivity contribution in [2.45, 2.75) is 42.1 Å². The molecule has 0 fully saturated rings. The second-order valence-electron chi connectivity index (χ2n) is 4.90. The third-order valence-electron chi connectivity index (χ3n) is 3.49. The summed E-state index contributed by atoms with van der Waals surface area (Å²) in [6.07, 6.45) is 3.14. The maximum absolute atomic E-state index is 12.3. The highest BCUT2D eigenvalue weighted by molar-refractivity contribution is 7.90. The highest BCUT2D eigenvalue weighted by atomic mass is 32.2. The number of nitrogens with two attached hydrogens (primary N) is 1.